The molecule has 2 atom stereocenters. The minimum atomic E-state index is -1.04. The Hall–Kier alpha value is -5.12. The number of nitrogens with zero attached hydrogens (tertiary/aromatic N) is 4. The number of aromatic nitrogens is 1. The zero-order valence-corrected chi connectivity index (χ0v) is 24.3. The third-order valence-electron chi connectivity index (χ3n) is 8.01. The van der Waals surface area contributed by atoms with Crippen molar-refractivity contribution in [1.82, 2.24) is 14.4 Å². The Morgan fingerprint density at radius 2 is 1.60 bits per heavy atom. The Kier molecular flexibility index (Phi) is 7.95. The smallest absolute Gasteiger partial charge is 0.407 e. The van der Waals surface area contributed by atoms with Crippen LogP contribution in [0.3, 0.4) is 0 Å². The van der Waals surface area contributed by atoms with Crippen LogP contribution in [-0.4, -0.2) is 67.2 Å². The van der Waals surface area contributed by atoms with Crippen LogP contribution in [0.5, 0.6) is 5.75 Å². The minimum Gasteiger partial charge on any atom is -0.508 e. The molecule has 2 amide bonds. The standard InChI is InChI=1S/C33H34N4O6/c1-33(2,3)29(22-10-6-4-7-11-22)28-21-34(32(40)41)18-19-36(28)31(39)25-16-17-35(30(25)23-12-8-5-9-13-23)27-20-24(38)14-15-26(27)37(42)43/h4-17,20,28-29,38H,18-19,21H2,1-3H3,(H,40,41)/t28-,29?/m0/s1. The predicted octanol–water partition coefficient (Wildman–Crippen LogP) is 6.39. The molecule has 1 saturated heterocycles. The van der Waals surface area contributed by atoms with Crippen molar-refractivity contribution in [2.45, 2.75) is 32.7 Å². The minimum absolute atomic E-state index is 0.118. The van der Waals surface area contributed by atoms with Gasteiger partial charge in [0.2, 0.25) is 0 Å². The van der Waals surface area contributed by atoms with Gasteiger partial charge in [-0.15, -0.1) is 0 Å². The van der Waals surface area contributed by atoms with Gasteiger partial charge in [-0.1, -0.05) is 81.4 Å². The number of piperazine rings is 1. The van der Waals surface area contributed by atoms with Crippen LogP contribution in [0.15, 0.2) is 91.1 Å². The number of nitro benzene ring substituents is 1. The average Bonchev–Trinajstić information content (AvgIpc) is 3.42. The number of hydrogen-bond acceptors (Lipinski definition) is 5. The molecule has 5 rings (SSSR count). The number of carbonyl (C=O) groups excluding carboxylic acids is 1. The Labute approximate surface area is 249 Å². The molecule has 1 aromatic heterocycles. The lowest BCUT2D eigenvalue weighted by molar-refractivity contribution is -0.384. The number of nitro groups is 1. The van der Waals surface area contributed by atoms with Crippen molar-refractivity contribution in [3.8, 4) is 22.7 Å². The van der Waals surface area contributed by atoms with Crippen LogP contribution in [0, 0.1) is 15.5 Å². The molecular weight excluding hydrogens is 548 g/mol. The number of rotatable bonds is 6. The quantitative estimate of drug-likeness (QED) is 0.200. The van der Waals surface area contributed by atoms with Crippen molar-refractivity contribution in [1.29, 1.82) is 0 Å². The largest absolute Gasteiger partial charge is 0.508 e. The van der Waals surface area contributed by atoms with Crippen molar-refractivity contribution < 1.29 is 24.7 Å². The second kappa shape index (κ2) is 11.6. The van der Waals surface area contributed by atoms with Crippen LogP contribution < -0.4 is 0 Å². The van der Waals surface area contributed by atoms with Crippen LogP contribution in [0.2, 0.25) is 0 Å². The first kappa shape index (κ1) is 29.4. The number of carboxylic acid groups (broad SMARTS) is 1. The maximum absolute atomic E-state index is 14.6. The van der Waals surface area contributed by atoms with E-state index in [9.17, 15) is 29.9 Å². The highest BCUT2D eigenvalue weighted by atomic mass is 16.6. The van der Waals surface area contributed by atoms with Gasteiger partial charge in [0, 0.05) is 43.9 Å². The number of hydrogen-bond donors (Lipinski definition) is 2. The van der Waals surface area contributed by atoms with E-state index in [4.69, 9.17) is 0 Å². The predicted molar refractivity (Wildman–Crippen MR) is 163 cm³/mol. The van der Waals surface area contributed by atoms with E-state index in [-0.39, 0.29) is 54.0 Å². The molecule has 0 aliphatic carbocycles. The highest BCUT2D eigenvalue weighted by Gasteiger charge is 2.43. The number of phenolic OH excluding ortho intramolecular Hbond substituents is 1. The van der Waals surface area contributed by atoms with Crippen molar-refractivity contribution >= 4 is 17.7 Å². The van der Waals surface area contributed by atoms with Gasteiger partial charge in [0.05, 0.1) is 22.2 Å². The fraction of sp³-hybridized carbons (Fsp3) is 0.273. The summed E-state index contributed by atoms with van der Waals surface area (Å²) in [4.78, 5) is 41.3. The van der Waals surface area contributed by atoms with Gasteiger partial charge < -0.3 is 24.6 Å². The van der Waals surface area contributed by atoms with Gasteiger partial charge in [0.1, 0.15) is 11.4 Å². The second-order valence-corrected chi connectivity index (χ2v) is 11.8. The van der Waals surface area contributed by atoms with Crippen LogP contribution in [0.4, 0.5) is 10.5 Å². The summed E-state index contributed by atoms with van der Waals surface area (Å²) in [5.74, 6) is -0.656. The number of benzene rings is 3. The number of amides is 2. The molecule has 0 spiro atoms. The van der Waals surface area contributed by atoms with Crippen LogP contribution >= 0.6 is 0 Å². The Bertz CT molecular complexity index is 1650. The molecule has 10 heteroatoms. The highest BCUT2D eigenvalue weighted by Crippen LogP contribution is 2.42. The number of carbonyl (C=O) groups is 2. The molecule has 0 radical (unpaired) electrons. The summed E-state index contributed by atoms with van der Waals surface area (Å²) in [6.45, 7) is 6.72. The molecule has 222 valence electrons. The fourth-order valence-electron chi connectivity index (χ4n) is 6.19. The lowest BCUT2D eigenvalue weighted by Crippen LogP contribution is -2.59. The average molecular weight is 583 g/mol. The summed E-state index contributed by atoms with van der Waals surface area (Å²) in [6, 6.07) is 23.9. The first-order chi connectivity index (χ1) is 20.5. The zero-order valence-electron chi connectivity index (χ0n) is 24.3. The highest BCUT2D eigenvalue weighted by molar-refractivity contribution is 6.01. The summed E-state index contributed by atoms with van der Waals surface area (Å²) in [5, 5.41) is 32.1. The van der Waals surface area contributed by atoms with E-state index < -0.39 is 17.1 Å². The van der Waals surface area contributed by atoms with E-state index in [1.165, 1.54) is 23.1 Å². The molecule has 3 aromatic carbocycles. The van der Waals surface area contributed by atoms with E-state index in [0.717, 1.165) is 5.56 Å². The molecule has 1 unspecified atom stereocenters. The third-order valence-corrected chi connectivity index (χ3v) is 8.01. The molecule has 2 heterocycles. The maximum atomic E-state index is 14.6. The van der Waals surface area contributed by atoms with Gasteiger partial charge in [0.15, 0.2) is 0 Å². The zero-order chi connectivity index (χ0) is 30.9. The Morgan fingerprint density at radius 1 is 0.953 bits per heavy atom. The lowest BCUT2D eigenvalue weighted by atomic mass is 9.71. The molecule has 1 aliphatic rings. The molecule has 4 aromatic rings. The molecule has 2 N–H and O–H groups in total. The SMILES string of the molecule is CC(C)(C)C(c1ccccc1)[C@@H]1CN(C(=O)O)CCN1C(=O)c1ccn(-c2cc(O)ccc2[N+](=O)[O-])c1-c1ccccc1. The Balaban J connectivity index is 1.68. The molecule has 1 fully saturated rings. The fourth-order valence-corrected chi connectivity index (χ4v) is 6.19. The van der Waals surface area contributed by atoms with Gasteiger partial charge in [0.25, 0.3) is 11.6 Å². The van der Waals surface area contributed by atoms with Crippen LogP contribution in [0.1, 0.15) is 42.6 Å². The van der Waals surface area contributed by atoms with E-state index >= 15 is 0 Å². The van der Waals surface area contributed by atoms with E-state index in [0.29, 0.717) is 16.8 Å². The monoisotopic (exact) mass is 582 g/mol. The van der Waals surface area contributed by atoms with Gasteiger partial charge in [-0.05, 0) is 28.7 Å². The van der Waals surface area contributed by atoms with Crippen LogP contribution in [0.25, 0.3) is 16.9 Å². The van der Waals surface area contributed by atoms with Crippen molar-refractivity contribution in [3.05, 3.63) is 112 Å². The topological polar surface area (TPSA) is 129 Å². The molecule has 43 heavy (non-hydrogen) atoms. The van der Waals surface area contributed by atoms with Gasteiger partial charge >= 0.3 is 6.09 Å². The molecule has 0 saturated carbocycles. The summed E-state index contributed by atoms with van der Waals surface area (Å²) < 4.78 is 1.56. The summed E-state index contributed by atoms with van der Waals surface area (Å²) >= 11 is 0. The van der Waals surface area contributed by atoms with Crippen LogP contribution in [-0.2, 0) is 0 Å². The first-order valence-electron chi connectivity index (χ1n) is 14.1. The first-order valence-corrected chi connectivity index (χ1v) is 14.1. The van der Waals surface area contributed by atoms with E-state index in [1.807, 2.05) is 60.7 Å². The number of phenols is 1. The van der Waals surface area contributed by atoms with Crippen molar-refractivity contribution in [2.75, 3.05) is 19.6 Å². The Morgan fingerprint density at radius 3 is 2.21 bits per heavy atom. The van der Waals surface area contributed by atoms with Crippen molar-refractivity contribution in [2.24, 2.45) is 5.41 Å². The molecule has 1 aliphatic heterocycles. The summed E-state index contributed by atoms with van der Waals surface area (Å²) in [6.07, 6.45) is 0.559. The number of aromatic hydroxyl groups is 1. The van der Waals surface area contributed by atoms with Crippen molar-refractivity contribution in [3.63, 3.8) is 0 Å². The van der Waals surface area contributed by atoms with Gasteiger partial charge in [-0.2, -0.15) is 0 Å². The third kappa shape index (κ3) is 5.81. The normalized spacial score (nSPS) is 16.1. The van der Waals surface area contributed by atoms with Gasteiger partial charge in [-0.25, -0.2) is 4.79 Å². The molecular formula is C33H34N4O6. The molecule has 0 bridgehead atoms. The second-order valence-electron chi connectivity index (χ2n) is 11.8. The van der Waals surface area contributed by atoms with E-state index in [2.05, 4.69) is 20.8 Å². The maximum Gasteiger partial charge on any atom is 0.407 e. The molecule has 10 nitrogen and oxygen atoms in total. The summed E-state index contributed by atoms with van der Waals surface area (Å²) in [5.41, 5.74) is 1.97. The lowest BCUT2D eigenvalue weighted by Gasteiger charge is -2.48. The van der Waals surface area contributed by atoms with E-state index in [1.54, 1.807) is 21.7 Å². The van der Waals surface area contributed by atoms with Gasteiger partial charge in [-0.3, -0.25) is 14.9 Å². The summed E-state index contributed by atoms with van der Waals surface area (Å²) in [7, 11) is 0.